The van der Waals surface area contributed by atoms with E-state index in [2.05, 4.69) is 38.1 Å². The number of thioether (sulfide) groups is 1. The van der Waals surface area contributed by atoms with Crippen LogP contribution >= 0.6 is 11.8 Å². The molecule has 0 saturated carbocycles. The molecule has 0 aliphatic heterocycles. The Morgan fingerprint density at radius 1 is 1.12 bits per heavy atom. The molecule has 2 aromatic carbocycles. The van der Waals surface area contributed by atoms with Crippen molar-refractivity contribution in [1.82, 2.24) is 9.55 Å². The van der Waals surface area contributed by atoms with Crippen molar-refractivity contribution in [2.45, 2.75) is 37.2 Å². The number of rotatable bonds is 7. The molecule has 3 aromatic rings. The number of hydrogen-bond donors (Lipinski definition) is 0. The molecule has 5 heteroatoms. The number of benzene rings is 2. The molecule has 0 spiro atoms. The Morgan fingerprint density at radius 3 is 2.54 bits per heavy atom. The molecule has 4 nitrogen and oxygen atoms in total. The molecule has 0 aliphatic carbocycles. The maximum absolute atomic E-state index is 12.8. The van der Waals surface area contributed by atoms with Gasteiger partial charge in [0.1, 0.15) is 0 Å². The van der Waals surface area contributed by atoms with Crippen molar-refractivity contribution in [2.75, 3.05) is 13.7 Å². The number of fused-ring (bicyclic) bond motifs is 1. The van der Waals surface area contributed by atoms with E-state index in [1.54, 1.807) is 23.4 Å². The smallest absolute Gasteiger partial charge is 0.262 e. The van der Waals surface area contributed by atoms with Crippen LogP contribution in [0.3, 0.4) is 0 Å². The highest BCUT2D eigenvalue weighted by molar-refractivity contribution is 7.98. The van der Waals surface area contributed by atoms with Crippen LogP contribution in [0.5, 0.6) is 0 Å². The lowest BCUT2D eigenvalue weighted by atomic mass is 10.0. The molecule has 0 fully saturated rings. The van der Waals surface area contributed by atoms with E-state index < -0.39 is 0 Å². The first-order valence-corrected chi connectivity index (χ1v) is 9.79. The molecule has 0 amide bonds. The van der Waals surface area contributed by atoms with Crippen molar-refractivity contribution in [2.24, 2.45) is 0 Å². The van der Waals surface area contributed by atoms with E-state index in [1.165, 1.54) is 11.1 Å². The van der Waals surface area contributed by atoms with Crippen LogP contribution in [0, 0.1) is 0 Å². The van der Waals surface area contributed by atoms with E-state index in [-0.39, 0.29) is 5.56 Å². The molecule has 0 atom stereocenters. The van der Waals surface area contributed by atoms with Gasteiger partial charge in [0.05, 0.1) is 24.1 Å². The van der Waals surface area contributed by atoms with Gasteiger partial charge in [0.15, 0.2) is 5.16 Å². The third-order valence-corrected chi connectivity index (χ3v) is 5.41. The van der Waals surface area contributed by atoms with Crippen LogP contribution in [-0.2, 0) is 17.0 Å². The Balaban J connectivity index is 1.89. The molecule has 1 aromatic heterocycles. The van der Waals surface area contributed by atoms with Gasteiger partial charge in [0, 0.05) is 12.9 Å². The lowest BCUT2D eigenvalue weighted by molar-refractivity contribution is 0.183. The van der Waals surface area contributed by atoms with Crippen LogP contribution in [0.4, 0.5) is 0 Å². The first-order chi connectivity index (χ1) is 12.6. The zero-order valence-corrected chi connectivity index (χ0v) is 16.3. The third kappa shape index (κ3) is 4.17. The summed E-state index contributed by atoms with van der Waals surface area (Å²) < 4.78 is 6.89. The summed E-state index contributed by atoms with van der Waals surface area (Å²) in [7, 11) is 1.64. The molecular formula is C21H24N2O2S. The standard InChI is InChI=1S/C21H24N2O2S/c1-15(2)17-10-8-16(9-11-17)14-26-21-22-19-7-5-4-6-18(19)20(24)23(21)12-13-25-3/h4-11,15H,12-14H2,1-3H3. The van der Waals surface area contributed by atoms with Gasteiger partial charge in [0.2, 0.25) is 0 Å². The van der Waals surface area contributed by atoms with E-state index in [1.807, 2.05) is 24.3 Å². The van der Waals surface area contributed by atoms with Crippen molar-refractivity contribution >= 4 is 22.7 Å². The van der Waals surface area contributed by atoms with Gasteiger partial charge in [-0.05, 0) is 29.2 Å². The number of aromatic nitrogens is 2. The van der Waals surface area contributed by atoms with E-state index in [9.17, 15) is 4.79 Å². The predicted molar refractivity (Wildman–Crippen MR) is 108 cm³/mol. The molecule has 3 rings (SSSR count). The van der Waals surface area contributed by atoms with Crippen molar-refractivity contribution < 1.29 is 4.74 Å². The highest BCUT2D eigenvalue weighted by Crippen LogP contribution is 2.23. The highest BCUT2D eigenvalue weighted by Gasteiger charge is 2.11. The largest absolute Gasteiger partial charge is 0.383 e. The zero-order chi connectivity index (χ0) is 18.5. The fourth-order valence-corrected chi connectivity index (χ4v) is 3.77. The van der Waals surface area contributed by atoms with E-state index in [0.29, 0.717) is 24.5 Å². The van der Waals surface area contributed by atoms with Gasteiger partial charge in [-0.2, -0.15) is 0 Å². The summed E-state index contributed by atoms with van der Waals surface area (Å²) in [5.41, 5.74) is 3.29. The summed E-state index contributed by atoms with van der Waals surface area (Å²) in [4.78, 5) is 17.6. The Labute approximate surface area is 158 Å². The van der Waals surface area contributed by atoms with E-state index >= 15 is 0 Å². The minimum absolute atomic E-state index is 0.00898. The Bertz CT molecular complexity index is 933. The fourth-order valence-electron chi connectivity index (χ4n) is 2.78. The van der Waals surface area contributed by atoms with Crippen LogP contribution < -0.4 is 5.56 Å². The number of methoxy groups -OCH3 is 1. The monoisotopic (exact) mass is 368 g/mol. The van der Waals surface area contributed by atoms with Crippen LogP contribution in [0.1, 0.15) is 30.9 Å². The average molecular weight is 369 g/mol. The van der Waals surface area contributed by atoms with Gasteiger partial charge >= 0.3 is 0 Å². The summed E-state index contributed by atoms with van der Waals surface area (Å²) >= 11 is 1.59. The number of hydrogen-bond acceptors (Lipinski definition) is 4. The topological polar surface area (TPSA) is 44.1 Å². The van der Waals surface area contributed by atoms with Gasteiger partial charge < -0.3 is 4.74 Å². The predicted octanol–water partition coefficient (Wildman–Crippen LogP) is 4.46. The molecule has 26 heavy (non-hydrogen) atoms. The summed E-state index contributed by atoms with van der Waals surface area (Å²) in [5, 5.41) is 1.38. The maximum Gasteiger partial charge on any atom is 0.262 e. The van der Waals surface area contributed by atoms with Gasteiger partial charge in [0.25, 0.3) is 5.56 Å². The number of para-hydroxylation sites is 1. The average Bonchev–Trinajstić information content (AvgIpc) is 2.66. The molecule has 136 valence electrons. The summed E-state index contributed by atoms with van der Waals surface area (Å²) in [6.07, 6.45) is 0. The molecular weight excluding hydrogens is 344 g/mol. The number of ether oxygens (including phenoxy) is 1. The van der Waals surface area contributed by atoms with Gasteiger partial charge in [-0.1, -0.05) is 62.0 Å². The Kier molecular flexibility index (Phi) is 6.12. The summed E-state index contributed by atoms with van der Waals surface area (Å²) in [5.74, 6) is 1.30. The fraction of sp³-hybridized carbons (Fsp3) is 0.333. The second-order valence-corrected chi connectivity index (χ2v) is 7.49. The minimum Gasteiger partial charge on any atom is -0.383 e. The Morgan fingerprint density at radius 2 is 1.85 bits per heavy atom. The van der Waals surface area contributed by atoms with Gasteiger partial charge in [-0.15, -0.1) is 0 Å². The van der Waals surface area contributed by atoms with Crippen molar-refractivity contribution in [3.05, 3.63) is 70.0 Å². The van der Waals surface area contributed by atoms with Crippen molar-refractivity contribution in [1.29, 1.82) is 0 Å². The lowest BCUT2D eigenvalue weighted by Gasteiger charge is -2.13. The molecule has 0 saturated heterocycles. The zero-order valence-electron chi connectivity index (χ0n) is 15.4. The first-order valence-electron chi connectivity index (χ1n) is 8.80. The van der Waals surface area contributed by atoms with Crippen LogP contribution in [0.15, 0.2) is 58.5 Å². The third-order valence-electron chi connectivity index (χ3n) is 4.36. The van der Waals surface area contributed by atoms with Crippen LogP contribution in [-0.4, -0.2) is 23.3 Å². The quantitative estimate of drug-likeness (QED) is 0.456. The van der Waals surface area contributed by atoms with Crippen molar-refractivity contribution in [3.8, 4) is 0 Å². The minimum atomic E-state index is -0.00898. The summed E-state index contributed by atoms with van der Waals surface area (Å²) in [6.45, 7) is 5.37. The molecule has 0 unspecified atom stereocenters. The number of nitrogens with zero attached hydrogens (tertiary/aromatic N) is 2. The first kappa shape index (κ1) is 18.7. The van der Waals surface area contributed by atoms with Crippen molar-refractivity contribution in [3.63, 3.8) is 0 Å². The highest BCUT2D eigenvalue weighted by atomic mass is 32.2. The maximum atomic E-state index is 12.8. The molecule has 0 aliphatic rings. The molecule has 0 radical (unpaired) electrons. The van der Waals surface area contributed by atoms with Crippen LogP contribution in [0.2, 0.25) is 0 Å². The van der Waals surface area contributed by atoms with Crippen LogP contribution in [0.25, 0.3) is 10.9 Å². The lowest BCUT2D eigenvalue weighted by Crippen LogP contribution is -2.25. The molecule has 1 heterocycles. The molecule has 0 N–H and O–H groups in total. The molecule has 0 bridgehead atoms. The summed E-state index contributed by atoms with van der Waals surface area (Å²) in [6, 6.07) is 16.1. The SMILES string of the molecule is COCCn1c(SCc2ccc(C(C)C)cc2)nc2ccccc2c1=O. The second-order valence-electron chi connectivity index (χ2n) is 6.55. The van der Waals surface area contributed by atoms with E-state index in [0.717, 1.165) is 16.4 Å². The second kappa shape index (κ2) is 8.52. The van der Waals surface area contributed by atoms with Gasteiger partial charge in [-0.3, -0.25) is 9.36 Å². The Hall–Kier alpha value is -2.11. The normalized spacial score (nSPS) is 11.4. The van der Waals surface area contributed by atoms with E-state index in [4.69, 9.17) is 9.72 Å². The van der Waals surface area contributed by atoms with Gasteiger partial charge in [-0.25, -0.2) is 4.98 Å².